The molecule has 1 fully saturated rings. The van der Waals surface area contributed by atoms with Crippen molar-refractivity contribution in [1.29, 1.82) is 0 Å². The Morgan fingerprint density at radius 1 is 1.00 bits per heavy atom. The number of hydrogen-bond acceptors (Lipinski definition) is 2. The lowest BCUT2D eigenvalue weighted by molar-refractivity contribution is -0.118. The second kappa shape index (κ2) is 12.7. The first-order valence-corrected chi connectivity index (χ1v) is 11.7. The van der Waals surface area contributed by atoms with E-state index >= 15 is 0 Å². The predicted octanol–water partition coefficient (Wildman–Crippen LogP) is 6.36. The van der Waals surface area contributed by atoms with E-state index in [1.165, 1.54) is 55.4 Å². The Morgan fingerprint density at radius 3 is 2.22 bits per heavy atom. The number of benzene rings is 2. The number of amides is 1. The Balaban J connectivity index is 0.000000336. The lowest BCUT2D eigenvalue weighted by atomic mass is 9.75. The first kappa shape index (κ1) is 26.0. The van der Waals surface area contributed by atoms with Crippen LogP contribution in [0.3, 0.4) is 0 Å². The molecule has 0 aromatic heterocycles. The molecular weight excluding hydrogens is 406 g/mol. The quantitative estimate of drug-likeness (QED) is 0.488. The van der Waals surface area contributed by atoms with Crippen molar-refractivity contribution in [2.45, 2.75) is 77.7 Å². The number of rotatable bonds is 7. The van der Waals surface area contributed by atoms with E-state index in [2.05, 4.69) is 48.7 Å². The van der Waals surface area contributed by atoms with Gasteiger partial charge < -0.3 is 10.6 Å². The van der Waals surface area contributed by atoms with E-state index in [9.17, 15) is 13.6 Å². The van der Waals surface area contributed by atoms with Gasteiger partial charge in [-0.25, -0.2) is 8.78 Å². The van der Waals surface area contributed by atoms with E-state index in [1.54, 1.807) is 13.8 Å². The van der Waals surface area contributed by atoms with Gasteiger partial charge in [-0.2, -0.15) is 0 Å². The Bertz CT molecular complexity index is 810. The lowest BCUT2D eigenvalue weighted by Gasteiger charge is -2.39. The Labute approximate surface area is 192 Å². The molecule has 0 unspecified atom stereocenters. The van der Waals surface area contributed by atoms with Crippen molar-refractivity contribution >= 4 is 5.91 Å². The molecule has 2 aromatic carbocycles. The minimum absolute atomic E-state index is 0.0574. The average molecular weight is 445 g/mol. The Kier molecular flexibility index (Phi) is 10.3. The highest BCUT2D eigenvalue weighted by Crippen LogP contribution is 2.38. The van der Waals surface area contributed by atoms with Crippen LogP contribution >= 0.6 is 0 Å². The van der Waals surface area contributed by atoms with Crippen LogP contribution in [0.4, 0.5) is 8.78 Å². The molecular formula is C27H38F2N2O. The molecule has 176 valence electrons. The number of hydrogen-bond donors (Lipinski definition) is 2. The molecule has 1 amide bonds. The summed E-state index contributed by atoms with van der Waals surface area (Å²) in [5.41, 5.74) is 3.60. The van der Waals surface area contributed by atoms with Crippen molar-refractivity contribution in [2.24, 2.45) is 0 Å². The van der Waals surface area contributed by atoms with Gasteiger partial charge in [0.15, 0.2) is 0 Å². The maximum atomic E-state index is 12.2. The van der Waals surface area contributed by atoms with Crippen LogP contribution in [0.25, 0.3) is 0 Å². The van der Waals surface area contributed by atoms with Gasteiger partial charge in [-0.3, -0.25) is 4.79 Å². The molecule has 3 rings (SSSR count). The van der Waals surface area contributed by atoms with Gasteiger partial charge in [-0.15, -0.1) is 0 Å². The standard InChI is InChI=1S/C20H32N2O.C7H6F2/c1-16(2)18-9-7-10-19(15-18)20(11-5-4-6-12-20)22-14-8-13-21-17(3)23;1-5-2-6(8)4-7(9)3-5/h7,9-10,15-16,22H,4-6,8,11-14H2,1-3H3,(H,21,23);2-4H,1H3. The monoisotopic (exact) mass is 444 g/mol. The number of halogens is 2. The van der Waals surface area contributed by atoms with Crippen LogP contribution < -0.4 is 10.6 Å². The van der Waals surface area contributed by atoms with Crippen molar-refractivity contribution in [2.75, 3.05) is 13.1 Å². The Hall–Kier alpha value is -2.27. The zero-order valence-corrected chi connectivity index (χ0v) is 19.9. The van der Waals surface area contributed by atoms with Gasteiger partial charge in [0.25, 0.3) is 0 Å². The molecule has 1 aliphatic rings. The van der Waals surface area contributed by atoms with Crippen molar-refractivity contribution in [3.8, 4) is 0 Å². The van der Waals surface area contributed by atoms with E-state index in [0.717, 1.165) is 25.6 Å². The smallest absolute Gasteiger partial charge is 0.216 e. The molecule has 1 saturated carbocycles. The minimum atomic E-state index is -0.521. The number of nitrogens with one attached hydrogen (secondary N) is 2. The molecule has 32 heavy (non-hydrogen) atoms. The summed E-state index contributed by atoms with van der Waals surface area (Å²) in [4.78, 5) is 11.0. The summed E-state index contributed by atoms with van der Waals surface area (Å²) in [6.45, 7) is 9.44. The van der Waals surface area contributed by atoms with E-state index in [1.807, 2.05) is 0 Å². The summed E-state index contributed by atoms with van der Waals surface area (Å²) in [7, 11) is 0. The van der Waals surface area contributed by atoms with Gasteiger partial charge in [-0.1, -0.05) is 57.4 Å². The van der Waals surface area contributed by atoms with Gasteiger partial charge >= 0.3 is 0 Å². The molecule has 3 nitrogen and oxygen atoms in total. The molecule has 0 saturated heterocycles. The Morgan fingerprint density at radius 2 is 1.66 bits per heavy atom. The highest BCUT2D eigenvalue weighted by atomic mass is 19.1. The molecule has 0 bridgehead atoms. The van der Waals surface area contributed by atoms with Crippen LogP contribution in [0.2, 0.25) is 0 Å². The fourth-order valence-electron chi connectivity index (χ4n) is 4.29. The maximum Gasteiger partial charge on any atom is 0.216 e. The molecule has 2 aromatic rings. The van der Waals surface area contributed by atoms with E-state index in [0.29, 0.717) is 11.5 Å². The summed E-state index contributed by atoms with van der Waals surface area (Å²) in [6, 6.07) is 12.6. The van der Waals surface area contributed by atoms with Crippen LogP contribution in [0, 0.1) is 18.6 Å². The summed E-state index contributed by atoms with van der Waals surface area (Å²) < 4.78 is 24.4. The van der Waals surface area contributed by atoms with Crippen LogP contribution in [-0.2, 0) is 10.3 Å². The third kappa shape index (κ3) is 8.34. The number of carbonyl (C=O) groups is 1. The second-order valence-electron chi connectivity index (χ2n) is 9.13. The largest absolute Gasteiger partial charge is 0.356 e. The number of aryl methyl sites for hydroxylation is 1. The molecule has 0 spiro atoms. The van der Waals surface area contributed by atoms with Crippen molar-refractivity contribution in [1.82, 2.24) is 10.6 Å². The minimum Gasteiger partial charge on any atom is -0.356 e. The zero-order chi connectivity index (χ0) is 23.6. The van der Waals surface area contributed by atoms with Gasteiger partial charge in [0.1, 0.15) is 11.6 Å². The van der Waals surface area contributed by atoms with Crippen molar-refractivity contribution in [3.63, 3.8) is 0 Å². The van der Waals surface area contributed by atoms with Gasteiger partial charge in [0.2, 0.25) is 5.91 Å². The third-order valence-electron chi connectivity index (χ3n) is 6.01. The highest BCUT2D eigenvalue weighted by molar-refractivity contribution is 5.72. The first-order valence-electron chi connectivity index (χ1n) is 11.7. The average Bonchev–Trinajstić information content (AvgIpc) is 2.73. The first-order chi connectivity index (χ1) is 15.2. The number of carbonyl (C=O) groups excluding carboxylic acids is 1. The third-order valence-corrected chi connectivity index (χ3v) is 6.01. The summed E-state index contributed by atoms with van der Waals surface area (Å²) in [5.74, 6) is -0.419. The SMILES string of the molecule is CC(=O)NCCCNC1(c2cccc(C(C)C)c2)CCCCC1.Cc1cc(F)cc(F)c1. The summed E-state index contributed by atoms with van der Waals surface area (Å²) in [6.07, 6.45) is 7.35. The molecule has 1 aliphatic carbocycles. The zero-order valence-electron chi connectivity index (χ0n) is 19.9. The van der Waals surface area contributed by atoms with Gasteiger partial charge in [0.05, 0.1) is 0 Å². The topological polar surface area (TPSA) is 41.1 Å². The van der Waals surface area contributed by atoms with Crippen LogP contribution in [-0.4, -0.2) is 19.0 Å². The summed E-state index contributed by atoms with van der Waals surface area (Å²) >= 11 is 0. The molecule has 5 heteroatoms. The van der Waals surface area contributed by atoms with Crippen molar-refractivity contribution < 1.29 is 13.6 Å². The van der Waals surface area contributed by atoms with Crippen LogP contribution in [0.15, 0.2) is 42.5 Å². The van der Waals surface area contributed by atoms with Crippen LogP contribution in [0.1, 0.15) is 81.9 Å². The molecule has 0 heterocycles. The van der Waals surface area contributed by atoms with E-state index in [4.69, 9.17) is 0 Å². The van der Waals surface area contributed by atoms with Crippen molar-refractivity contribution in [3.05, 3.63) is 70.8 Å². The molecule has 0 radical (unpaired) electrons. The summed E-state index contributed by atoms with van der Waals surface area (Å²) in [5, 5.41) is 6.72. The molecule has 0 atom stereocenters. The highest BCUT2D eigenvalue weighted by Gasteiger charge is 2.33. The van der Waals surface area contributed by atoms with E-state index in [-0.39, 0.29) is 11.4 Å². The van der Waals surface area contributed by atoms with E-state index < -0.39 is 11.6 Å². The van der Waals surface area contributed by atoms with Crippen LogP contribution in [0.5, 0.6) is 0 Å². The molecule has 2 N–H and O–H groups in total. The maximum absolute atomic E-state index is 12.2. The van der Waals surface area contributed by atoms with Gasteiger partial charge in [-0.05, 0) is 67.5 Å². The molecule has 0 aliphatic heterocycles. The fourth-order valence-corrected chi connectivity index (χ4v) is 4.29. The predicted molar refractivity (Wildman–Crippen MR) is 128 cm³/mol. The normalized spacial score (nSPS) is 15.1. The lowest BCUT2D eigenvalue weighted by Crippen LogP contribution is -2.45. The second-order valence-corrected chi connectivity index (χ2v) is 9.13. The van der Waals surface area contributed by atoms with Gasteiger partial charge in [0, 0.05) is 25.1 Å². The fraction of sp³-hybridized carbons (Fsp3) is 0.519.